The number of nitrogen functional groups attached to an aromatic ring is 1. The summed E-state index contributed by atoms with van der Waals surface area (Å²) in [4.78, 5) is 12.8. The molecule has 3 rings (SSSR count). The van der Waals surface area contributed by atoms with Crippen LogP contribution in [0.2, 0.25) is 5.02 Å². The summed E-state index contributed by atoms with van der Waals surface area (Å²) in [6.07, 6.45) is 0. The molecule has 0 fully saturated rings. The third-order valence-corrected chi connectivity index (χ3v) is 4.81. The average molecular weight is 372 g/mol. The van der Waals surface area contributed by atoms with E-state index in [9.17, 15) is 14.4 Å². The van der Waals surface area contributed by atoms with Gasteiger partial charge in [-0.25, -0.2) is 4.39 Å². The van der Waals surface area contributed by atoms with Crippen molar-refractivity contribution in [2.45, 2.75) is 0 Å². The maximum absolute atomic E-state index is 13.0. The summed E-state index contributed by atoms with van der Waals surface area (Å²) in [7, 11) is 0. The van der Waals surface area contributed by atoms with E-state index in [1.807, 2.05) is 6.07 Å². The molecule has 0 unspecified atom stereocenters. The van der Waals surface area contributed by atoms with E-state index in [2.05, 4.69) is 5.32 Å². The summed E-state index contributed by atoms with van der Waals surface area (Å²) in [5.41, 5.74) is 7.26. The molecule has 124 valence electrons. The van der Waals surface area contributed by atoms with Crippen LogP contribution in [0.15, 0.2) is 48.5 Å². The molecule has 1 aromatic heterocycles. The van der Waals surface area contributed by atoms with Gasteiger partial charge in [-0.1, -0.05) is 17.7 Å². The van der Waals surface area contributed by atoms with Crippen LogP contribution >= 0.6 is 22.9 Å². The second kappa shape index (κ2) is 6.93. The van der Waals surface area contributed by atoms with E-state index in [-0.39, 0.29) is 21.9 Å². The molecule has 7 heteroatoms. The van der Waals surface area contributed by atoms with Gasteiger partial charge in [0.25, 0.3) is 0 Å². The van der Waals surface area contributed by atoms with E-state index < -0.39 is 5.82 Å². The number of hydrogen-bond acceptors (Lipinski definition) is 5. The maximum atomic E-state index is 13.0. The monoisotopic (exact) mass is 371 g/mol. The minimum atomic E-state index is -0.434. The van der Waals surface area contributed by atoms with Gasteiger partial charge in [0.1, 0.15) is 27.3 Å². The third-order valence-electron chi connectivity index (χ3n) is 3.45. The normalized spacial score (nSPS) is 10.3. The van der Waals surface area contributed by atoms with Crippen LogP contribution in [0.25, 0.3) is 0 Å². The number of anilines is 3. The number of halogens is 2. The smallest absolute Gasteiger partial charge is 0.205 e. The van der Waals surface area contributed by atoms with Gasteiger partial charge in [-0.2, -0.15) is 5.26 Å². The van der Waals surface area contributed by atoms with E-state index in [4.69, 9.17) is 17.3 Å². The fourth-order valence-corrected chi connectivity index (χ4v) is 3.48. The van der Waals surface area contributed by atoms with Gasteiger partial charge in [-0.3, -0.25) is 4.79 Å². The molecule has 0 aliphatic carbocycles. The first-order valence-electron chi connectivity index (χ1n) is 7.15. The Kier molecular flexibility index (Phi) is 4.70. The first-order chi connectivity index (χ1) is 12.0. The SMILES string of the molecule is N#Cc1c(Nc2cccc(Cl)c2)sc(C(=O)c2ccc(F)cc2)c1N. The second-order valence-corrected chi connectivity index (χ2v) is 6.59. The van der Waals surface area contributed by atoms with Gasteiger partial charge in [0.2, 0.25) is 5.78 Å². The lowest BCUT2D eigenvalue weighted by Gasteiger charge is -2.04. The number of rotatable bonds is 4. The molecule has 0 atom stereocenters. The topological polar surface area (TPSA) is 78.9 Å². The molecule has 4 nitrogen and oxygen atoms in total. The lowest BCUT2D eigenvalue weighted by atomic mass is 10.1. The summed E-state index contributed by atoms with van der Waals surface area (Å²) in [6.45, 7) is 0. The van der Waals surface area contributed by atoms with Gasteiger partial charge in [0, 0.05) is 16.3 Å². The van der Waals surface area contributed by atoms with Crippen LogP contribution in [0.1, 0.15) is 20.8 Å². The molecule has 0 aliphatic heterocycles. The molecular weight excluding hydrogens is 361 g/mol. The van der Waals surface area contributed by atoms with E-state index in [1.54, 1.807) is 24.3 Å². The molecule has 2 aromatic carbocycles. The largest absolute Gasteiger partial charge is 0.396 e. The Morgan fingerprint density at radius 2 is 1.96 bits per heavy atom. The van der Waals surface area contributed by atoms with Gasteiger partial charge >= 0.3 is 0 Å². The third kappa shape index (κ3) is 3.48. The number of benzene rings is 2. The van der Waals surface area contributed by atoms with Gasteiger partial charge < -0.3 is 11.1 Å². The van der Waals surface area contributed by atoms with Crippen molar-refractivity contribution in [1.29, 1.82) is 5.26 Å². The van der Waals surface area contributed by atoms with Gasteiger partial charge in [-0.15, -0.1) is 11.3 Å². The molecule has 0 amide bonds. The predicted molar refractivity (Wildman–Crippen MR) is 98.0 cm³/mol. The second-order valence-electron chi connectivity index (χ2n) is 5.13. The Morgan fingerprint density at radius 1 is 1.24 bits per heavy atom. The summed E-state index contributed by atoms with van der Waals surface area (Å²) in [5.74, 6) is -0.796. The fourth-order valence-electron chi connectivity index (χ4n) is 2.24. The highest BCUT2D eigenvalue weighted by Crippen LogP contribution is 2.38. The Labute approximate surface area is 152 Å². The minimum Gasteiger partial charge on any atom is -0.396 e. The highest BCUT2D eigenvalue weighted by molar-refractivity contribution is 7.19. The van der Waals surface area contributed by atoms with E-state index in [0.29, 0.717) is 21.3 Å². The van der Waals surface area contributed by atoms with E-state index >= 15 is 0 Å². The molecule has 3 aromatic rings. The Bertz CT molecular complexity index is 993. The van der Waals surface area contributed by atoms with Gasteiger partial charge in [0.05, 0.1) is 5.69 Å². The van der Waals surface area contributed by atoms with Crippen LogP contribution in [0.4, 0.5) is 20.8 Å². The lowest BCUT2D eigenvalue weighted by Crippen LogP contribution is -2.02. The number of nitrogens with zero attached hydrogens (tertiary/aromatic N) is 1. The zero-order chi connectivity index (χ0) is 18.0. The van der Waals surface area contributed by atoms with Crippen LogP contribution < -0.4 is 11.1 Å². The van der Waals surface area contributed by atoms with Crippen molar-refractivity contribution in [1.82, 2.24) is 0 Å². The van der Waals surface area contributed by atoms with Crippen molar-refractivity contribution >= 4 is 45.1 Å². The predicted octanol–water partition coefficient (Wildman–Crippen LogP) is 4.97. The molecule has 0 aliphatic rings. The van der Waals surface area contributed by atoms with Crippen molar-refractivity contribution in [3.63, 3.8) is 0 Å². The van der Waals surface area contributed by atoms with Gasteiger partial charge in [-0.05, 0) is 42.5 Å². The van der Waals surface area contributed by atoms with Crippen LogP contribution in [-0.4, -0.2) is 5.78 Å². The molecule has 0 saturated heterocycles. The van der Waals surface area contributed by atoms with Crippen molar-refractivity contribution in [2.24, 2.45) is 0 Å². The summed E-state index contributed by atoms with van der Waals surface area (Å²) in [6, 6.07) is 14.1. The Hall–Kier alpha value is -2.88. The summed E-state index contributed by atoms with van der Waals surface area (Å²) in [5, 5.41) is 13.4. The number of thiophene rings is 1. The number of ketones is 1. The van der Waals surface area contributed by atoms with Crippen molar-refractivity contribution in [3.05, 3.63) is 75.4 Å². The Balaban J connectivity index is 1.99. The number of carbonyl (C=O) groups excluding carboxylic acids is 1. The number of carbonyl (C=O) groups is 1. The molecule has 3 N–H and O–H groups in total. The summed E-state index contributed by atoms with van der Waals surface area (Å²) < 4.78 is 13.0. The van der Waals surface area contributed by atoms with Crippen molar-refractivity contribution < 1.29 is 9.18 Å². The van der Waals surface area contributed by atoms with Gasteiger partial charge in [0.15, 0.2) is 0 Å². The molecule has 1 heterocycles. The zero-order valence-electron chi connectivity index (χ0n) is 12.7. The highest BCUT2D eigenvalue weighted by Gasteiger charge is 2.22. The number of nitrogens with two attached hydrogens (primary N) is 1. The Morgan fingerprint density at radius 3 is 2.60 bits per heavy atom. The van der Waals surface area contributed by atoms with Crippen LogP contribution in [0.5, 0.6) is 0 Å². The first kappa shape index (κ1) is 17.0. The minimum absolute atomic E-state index is 0.103. The lowest BCUT2D eigenvalue weighted by molar-refractivity contribution is 0.104. The molecule has 0 bridgehead atoms. The van der Waals surface area contributed by atoms with Crippen molar-refractivity contribution in [3.8, 4) is 6.07 Å². The molecular formula is C18H11ClFN3OS. The quantitative estimate of drug-likeness (QED) is 0.634. The van der Waals surface area contributed by atoms with Crippen LogP contribution in [0.3, 0.4) is 0 Å². The van der Waals surface area contributed by atoms with E-state index in [0.717, 1.165) is 11.3 Å². The van der Waals surface area contributed by atoms with Crippen LogP contribution in [0, 0.1) is 17.1 Å². The maximum Gasteiger partial charge on any atom is 0.205 e. The standard InChI is InChI=1S/C18H11ClFN3OS/c19-11-2-1-3-13(8-11)23-18-14(9-21)15(22)17(25-18)16(24)10-4-6-12(20)7-5-10/h1-8,23H,22H2. The molecule has 0 radical (unpaired) electrons. The molecule has 0 saturated carbocycles. The summed E-state index contributed by atoms with van der Waals surface area (Å²) >= 11 is 7.03. The number of hydrogen-bond donors (Lipinski definition) is 2. The first-order valence-corrected chi connectivity index (χ1v) is 8.34. The number of nitrogens with one attached hydrogen (secondary N) is 1. The average Bonchev–Trinajstić information content (AvgIpc) is 2.90. The highest BCUT2D eigenvalue weighted by atomic mass is 35.5. The van der Waals surface area contributed by atoms with E-state index in [1.165, 1.54) is 24.3 Å². The molecule has 25 heavy (non-hydrogen) atoms. The van der Waals surface area contributed by atoms with Crippen molar-refractivity contribution in [2.75, 3.05) is 11.1 Å². The molecule has 0 spiro atoms. The van der Waals surface area contributed by atoms with Crippen LogP contribution in [-0.2, 0) is 0 Å². The fraction of sp³-hybridized carbons (Fsp3) is 0. The zero-order valence-corrected chi connectivity index (χ0v) is 14.3. The number of nitriles is 1.